The first-order valence-electron chi connectivity index (χ1n) is 6.12. The van der Waals surface area contributed by atoms with Crippen LogP contribution in [0.4, 0.5) is 0 Å². The van der Waals surface area contributed by atoms with Crippen molar-refractivity contribution >= 4 is 15.9 Å². The maximum absolute atomic E-state index is 10.2. The molecule has 18 heavy (non-hydrogen) atoms. The van der Waals surface area contributed by atoms with Gasteiger partial charge in [-0.1, -0.05) is 6.92 Å². The smallest absolute Gasteiger partial charge is 0.175 e. The number of hydrogen-bond acceptors (Lipinski definition) is 4. The third-order valence-electron chi connectivity index (χ3n) is 3.02. The van der Waals surface area contributed by atoms with Crippen LogP contribution < -0.4 is 14.8 Å². The number of fused-ring (bicyclic) bond motifs is 1. The number of aliphatic hydroxyl groups is 1. The molecule has 2 N–H and O–H groups in total. The molecule has 1 unspecified atom stereocenters. The van der Waals surface area contributed by atoms with Crippen molar-refractivity contribution in [3.63, 3.8) is 0 Å². The minimum atomic E-state index is -0.544. The summed E-state index contributed by atoms with van der Waals surface area (Å²) in [6.07, 6.45) is 0.282. The Bertz CT molecular complexity index is 437. The van der Waals surface area contributed by atoms with Crippen molar-refractivity contribution in [1.82, 2.24) is 5.32 Å². The Morgan fingerprint density at radius 1 is 1.44 bits per heavy atom. The van der Waals surface area contributed by atoms with E-state index in [9.17, 15) is 5.11 Å². The second-order valence-electron chi connectivity index (χ2n) is 4.21. The largest absolute Gasteiger partial charge is 0.486 e. The Balaban J connectivity index is 2.48. The monoisotopic (exact) mass is 315 g/mol. The van der Waals surface area contributed by atoms with Crippen molar-refractivity contribution in [3.05, 3.63) is 21.7 Å². The van der Waals surface area contributed by atoms with Crippen LogP contribution in [0, 0.1) is 0 Å². The van der Waals surface area contributed by atoms with Gasteiger partial charge in [-0.2, -0.15) is 0 Å². The Morgan fingerprint density at radius 3 is 2.83 bits per heavy atom. The normalized spacial score (nSPS) is 15.6. The first-order valence-corrected chi connectivity index (χ1v) is 6.91. The van der Waals surface area contributed by atoms with Gasteiger partial charge < -0.3 is 19.9 Å². The fourth-order valence-electron chi connectivity index (χ4n) is 2.16. The summed E-state index contributed by atoms with van der Waals surface area (Å²) in [6.45, 7) is 3.69. The van der Waals surface area contributed by atoms with Gasteiger partial charge in [0.25, 0.3) is 0 Å². The summed E-state index contributed by atoms with van der Waals surface area (Å²) in [4.78, 5) is 0. The first-order chi connectivity index (χ1) is 8.69. The molecule has 0 aromatic heterocycles. The molecule has 0 spiro atoms. The molecule has 1 heterocycles. The third-order valence-corrected chi connectivity index (χ3v) is 3.86. The average Bonchev–Trinajstić information content (AvgIpc) is 2.39. The lowest BCUT2D eigenvalue weighted by Gasteiger charge is -2.24. The number of likely N-dealkylation sites (N-methyl/N-ethyl adjacent to an activating group) is 1. The summed E-state index contributed by atoms with van der Waals surface area (Å²) < 4.78 is 12.1. The zero-order chi connectivity index (χ0) is 13.1. The van der Waals surface area contributed by atoms with Gasteiger partial charge in [-0.25, -0.2) is 0 Å². The van der Waals surface area contributed by atoms with Crippen LogP contribution in [0.2, 0.25) is 0 Å². The second kappa shape index (κ2) is 5.91. The highest BCUT2D eigenvalue weighted by Crippen LogP contribution is 2.43. The van der Waals surface area contributed by atoms with E-state index in [1.54, 1.807) is 0 Å². The fraction of sp³-hybridized carbons (Fsp3) is 0.538. The quantitative estimate of drug-likeness (QED) is 0.892. The number of halogens is 1. The van der Waals surface area contributed by atoms with Gasteiger partial charge in [0.05, 0.1) is 10.6 Å². The second-order valence-corrected chi connectivity index (χ2v) is 5.00. The summed E-state index contributed by atoms with van der Waals surface area (Å²) in [5.74, 6) is 1.45. The molecule has 1 atom stereocenters. The van der Waals surface area contributed by atoms with Gasteiger partial charge in [-0.15, -0.1) is 0 Å². The number of rotatable bonds is 4. The van der Waals surface area contributed by atoms with Gasteiger partial charge in [0, 0.05) is 6.54 Å². The average molecular weight is 316 g/mol. The topological polar surface area (TPSA) is 50.7 Å². The van der Waals surface area contributed by atoms with Crippen LogP contribution >= 0.6 is 15.9 Å². The molecular formula is C13H18BrNO3. The number of hydrogen-bond donors (Lipinski definition) is 2. The number of nitrogens with one attached hydrogen (secondary N) is 1. The molecule has 0 saturated heterocycles. The van der Waals surface area contributed by atoms with Crippen LogP contribution in [-0.4, -0.2) is 31.9 Å². The van der Waals surface area contributed by atoms with Crippen LogP contribution in [0.25, 0.3) is 0 Å². The molecule has 1 aromatic rings. The van der Waals surface area contributed by atoms with Crippen molar-refractivity contribution < 1.29 is 14.6 Å². The molecule has 1 aliphatic heterocycles. The van der Waals surface area contributed by atoms with Gasteiger partial charge >= 0.3 is 0 Å². The predicted molar refractivity (Wildman–Crippen MR) is 73.4 cm³/mol. The lowest BCUT2D eigenvalue weighted by molar-refractivity contribution is 0.162. The summed E-state index contributed by atoms with van der Waals surface area (Å²) >= 11 is 3.56. The molecule has 4 nitrogen and oxygen atoms in total. The summed E-state index contributed by atoms with van der Waals surface area (Å²) in [7, 11) is 1.82. The molecule has 1 aromatic carbocycles. The highest BCUT2D eigenvalue weighted by molar-refractivity contribution is 9.10. The standard InChI is InChI=1S/C13H18BrNO3/c1-3-8-9(10(16)7-15-2)6-11-13(12(8)14)18-5-4-17-11/h6,10,15-16H,3-5,7H2,1-2H3. The van der Waals surface area contributed by atoms with E-state index in [4.69, 9.17) is 9.47 Å². The molecule has 1 aliphatic rings. The van der Waals surface area contributed by atoms with Crippen molar-refractivity contribution in [2.24, 2.45) is 0 Å². The fourth-order valence-corrected chi connectivity index (χ4v) is 2.98. The van der Waals surface area contributed by atoms with E-state index in [0.717, 1.165) is 27.8 Å². The van der Waals surface area contributed by atoms with Crippen LogP contribution in [0.1, 0.15) is 24.2 Å². The minimum Gasteiger partial charge on any atom is -0.486 e. The zero-order valence-corrected chi connectivity index (χ0v) is 12.2. The molecule has 0 amide bonds. The first kappa shape index (κ1) is 13.6. The number of ether oxygens (including phenoxy) is 2. The van der Waals surface area contributed by atoms with Gasteiger partial charge in [0.15, 0.2) is 11.5 Å². The minimum absolute atomic E-state index is 0.513. The zero-order valence-electron chi connectivity index (χ0n) is 10.6. The number of benzene rings is 1. The molecule has 2 rings (SSSR count). The molecule has 5 heteroatoms. The molecule has 0 bridgehead atoms. The summed E-state index contributed by atoms with van der Waals surface area (Å²) in [5, 5.41) is 13.2. The summed E-state index contributed by atoms with van der Waals surface area (Å²) in [6, 6.07) is 1.89. The van der Waals surface area contributed by atoms with Gasteiger partial charge in [0.1, 0.15) is 13.2 Å². The van der Waals surface area contributed by atoms with Crippen molar-refractivity contribution in [2.45, 2.75) is 19.4 Å². The van der Waals surface area contributed by atoms with E-state index in [-0.39, 0.29) is 0 Å². The Labute approximate surface area is 115 Å². The van der Waals surface area contributed by atoms with E-state index in [2.05, 4.69) is 28.2 Å². The highest BCUT2D eigenvalue weighted by atomic mass is 79.9. The Hall–Kier alpha value is -0.780. The third kappa shape index (κ3) is 2.48. The highest BCUT2D eigenvalue weighted by Gasteiger charge is 2.23. The molecular weight excluding hydrogens is 298 g/mol. The van der Waals surface area contributed by atoms with Gasteiger partial charge in [0.2, 0.25) is 0 Å². The van der Waals surface area contributed by atoms with E-state index in [0.29, 0.717) is 25.5 Å². The molecule has 0 saturated carbocycles. The van der Waals surface area contributed by atoms with E-state index < -0.39 is 6.10 Å². The molecule has 0 fully saturated rings. The van der Waals surface area contributed by atoms with Crippen LogP contribution in [0.15, 0.2) is 10.5 Å². The van der Waals surface area contributed by atoms with E-state index >= 15 is 0 Å². The van der Waals surface area contributed by atoms with Crippen molar-refractivity contribution in [2.75, 3.05) is 26.8 Å². The lowest BCUT2D eigenvalue weighted by Crippen LogP contribution is -2.20. The van der Waals surface area contributed by atoms with E-state index in [1.807, 2.05) is 13.1 Å². The maximum Gasteiger partial charge on any atom is 0.175 e. The molecule has 100 valence electrons. The lowest BCUT2D eigenvalue weighted by atomic mass is 9.99. The molecule has 0 radical (unpaired) electrons. The summed E-state index contributed by atoms with van der Waals surface area (Å²) in [5.41, 5.74) is 1.96. The van der Waals surface area contributed by atoms with Crippen LogP contribution in [0.3, 0.4) is 0 Å². The molecule has 0 aliphatic carbocycles. The predicted octanol–water partition coefficient (Wildman–Crippen LogP) is 2.04. The van der Waals surface area contributed by atoms with Crippen molar-refractivity contribution in [3.8, 4) is 11.5 Å². The van der Waals surface area contributed by atoms with Crippen LogP contribution in [-0.2, 0) is 6.42 Å². The van der Waals surface area contributed by atoms with Gasteiger partial charge in [-0.3, -0.25) is 0 Å². The van der Waals surface area contributed by atoms with Crippen molar-refractivity contribution in [1.29, 1.82) is 0 Å². The Kier molecular flexibility index (Phi) is 4.48. The van der Waals surface area contributed by atoms with E-state index in [1.165, 1.54) is 0 Å². The van der Waals surface area contributed by atoms with Crippen LogP contribution in [0.5, 0.6) is 11.5 Å². The Morgan fingerprint density at radius 2 is 2.17 bits per heavy atom. The van der Waals surface area contributed by atoms with Gasteiger partial charge in [-0.05, 0) is 46.6 Å². The number of aliphatic hydroxyl groups excluding tert-OH is 1. The SMILES string of the molecule is CCc1c(C(O)CNC)cc2c(c1Br)OCCO2. The maximum atomic E-state index is 10.2.